The zero-order chi connectivity index (χ0) is 45.9. The van der Waals surface area contributed by atoms with Crippen LogP contribution in [0.2, 0.25) is 0 Å². The van der Waals surface area contributed by atoms with Crippen LogP contribution in [0.1, 0.15) is 175 Å². The summed E-state index contributed by atoms with van der Waals surface area (Å²) in [4.78, 5) is 18.5. The number of thiophene rings is 1. The van der Waals surface area contributed by atoms with E-state index in [0.29, 0.717) is 17.8 Å². The predicted molar refractivity (Wildman–Crippen MR) is 271 cm³/mol. The maximum Gasteiger partial charge on any atom is 0.164 e. The first kappa shape index (κ1) is 51.7. The van der Waals surface area contributed by atoms with Gasteiger partial charge in [0.15, 0.2) is 5.78 Å². The molecule has 4 aromatic carbocycles. The number of ketones is 1. The van der Waals surface area contributed by atoms with Gasteiger partial charge in [0, 0.05) is 58.5 Å². The van der Waals surface area contributed by atoms with Gasteiger partial charge >= 0.3 is 0 Å². The molecular weight excluding hydrogens is 967 g/mol. The summed E-state index contributed by atoms with van der Waals surface area (Å²) in [5.41, 5.74) is 12.5. The average Bonchev–Trinajstić information content (AvgIpc) is 3.60. The standard InChI is InChI=1S/C43H46NS.C15H28O2.Ir/c1-25(2)32-22-36(26(3)4)39(37(23-32)27(5)6)29-15-17-30(18-16-29)41-28(7)34-19-20-44-40(42(34)45-41)33-21-31-13-11-12-14-35(31)38(24-33)43(8,9)10;1-7-14(5,8-2)12(16)11-13(17)15(6,9-3)10-4;/h11-20,22-27H,1-10H3;11,16H,7-10H2,1-6H3;/q-1;;/b;12-11-;. The van der Waals surface area contributed by atoms with Crippen LogP contribution < -0.4 is 0 Å². The molecule has 0 aliphatic carbocycles. The first-order valence-electron chi connectivity index (χ1n) is 23.2. The van der Waals surface area contributed by atoms with E-state index in [-0.39, 0.29) is 47.9 Å². The number of hydrogen-bond acceptors (Lipinski definition) is 4. The predicted octanol–water partition coefficient (Wildman–Crippen LogP) is 17.9. The third kappa shape index (κ3) is 11.0. The van der Waals surface area contributed by atoms with Crippen molar-refractivity contribution in [1.29, 1.82) is 0 Å². The van der Waals surface area contributed by atoms with Gasteiger partial charge in [-0.15, -0.1) is 40.5 Å². The average molecular weight is 1040 g/mol. The number of aliphatic hydroxyl groups excluding tert-OH is 1. The van der Waals surface area contributed by atoms with E-state index in [4.69, 9.17) is 4.98 Å². The van der Waals surface area contributed by atoms with Crippen LogP contribution in [0.15, 0.2) is 90.8 Å². The van der Waals surface area contributed by atoms with Crippen LogP contribution in [0.4, 0.5) is 0 Å². The summed E-state index contributed by atoms with van der Waals surface area (Å²) in [7, 11) is 0. The molecule has 0 atom stereocenters. The fraction of sp³-hybridized carbons (Fsp3) is 0.448. The molecule has 3 nitrogen and oxygen atoms in total. The topological polar surface area (TPSA) is 50.2 Å². The second-order valence-electron chi connectivity index (χ2n) is 20.0. The Morgan fingerprint density at radius 3 is 1.78 bits per heavy atom. The Balaban J connectivity index is 0.000000413. The Labute approximate surface area is 398 Å². The molecule has 2 heterocycles. The van der Waals surface area contributed by atoms with E-state index in [1.54, 1.807) is 0 Å². The Hall–Kier alpha value is -3.89. The fourth-order valence-corrected chi connectivity index (χ4v) is 9.67. The van der Waals surface area contributed by atoms with Crippen molar-refractivity contribution in [3.63, 3.8) is 0 Å². The van der Waals surface area contributed by atoms with E-state index in [1.165, 1.54) is 70.9 Å². The molecule has 0 unspecified atom stereocenters. The zero-order valence-electron chi connectivity index (χ0n) is 41.2. The van der Waals surface area contributed by atoms with E-state index >= 15 is 0 Å². The van der Waals surface area contributed by atoms with Gasteiger partial charge in [0.25, 0.3) is 0 Å². The minimum atomic E-state index is -0.337. The van der Waals surface area contributed by atoms with Gasteiger partial charge in [-0.1, -0.05) is 169 Å². The number of aryl methyl sites for hydroxylation is 1. The van der Waals surface area contributed by atoms with Crippen molar-refractivity contribution in [3.05, 3.63) is 125 Å². The normalized spacial score (nSPS) is 12.6. The molecule has 0 aliphatic rings. The van der Waals surface area contributed by atoms with E-state index in [2.05, 4.69) is 148 Å². The van der Waals surface area contributed by atoms with E-state index < -0.39 is 0 Å². The van der Waals surface area contributed by atoms with Crippen molar-refractivity contribution in [2.75, 3.05) is 0 Å². The smallest absolute Gasteiger partial charge is 0.164 e. The molecule has 0 amide bonds. The van der Waals surface area contributed by atoms with Gasteiger partial charge in [0.1, 0.15) is 5.76 Å². The van der Waals surface area contributed by atoms with Gasteiger partial charge in [-0.2, -0.15) is 0 Å². The summed E-state index contributed by atoms with van der Waals surface area (Å²) in [6.07, 6.45) is 6.72. The number of pyridine rings is 1. The number of allylic oxidation sites excluding steroid dienone is 2. The summed E-state index contributed by atoms with van der Waals surface area (Å²) >= 11 is 1.86. The Morgan fingerprint density at radius 2 is 1.27 bits per heavy atom. The number of benzene rings is 4. The van der Waals surface area contributed by atoms with Crippen LogP contribution in [0, 0.1) is 23.8 Å². The van der Waals surface area contributed by atoms with Crippen molar-refractivity contribution in [1.82, 2.24) is 4.98 Å². The van der Waals surface area contributed by atoms with Crippen LogP contribution in [-0.2, 0) is 30.3 Å². The summed E-state index contributed by atoms with van der Waals surface area (Å²) < 4.78 is 1.23. The number of aromatic nitrogens is 1. The third-order valence-corrected chi connectivity index (χ3v) is 15.2. The molecule has 6 rings (SSSR count). The number of aliphatic hydroxyl groups is 1. The van der Waals surface area contributed by atoms with Crippen molar-refractivity contribution >= 4 is 38.0 Å². The Bertz CT molecular complexity index is 2510. The molecule has 0 aliphatic heterocycles. The molecule has 0 spiro atoms. The first-order valence-corrected chi connectivity index (χ1v) is 24.0. The second-order valence-corrected chi connectivity index (χ2v) is 21.1. The molecule has 6 aromatic rings. The van der Waals surface area contributed by atoms with Crippen molar-refractivity contribution < 1.29 is 30.0 Å². The minimum absolute atomic E-state index is 0. The zero-order valence-corrected chi connectivity index (χ0v) is 44.4. The van der Waals surface area contributed by atoms with E-state index in [0.717, 1.165) is 42.3 Å². The SMILES string of the molecule is CCC(C)(CC)C(=O)/C=C(\O)C(C)(CC)CC.Cc1c(-c2ccc(-c3c(C(C)C)cc(C(C)C)cc3C(C)C)cc2)sc2c(-c3[c-]c4ccccc4c(C(C)(C)C)c3)nccc12.[Ir]. The maximum absolute atomic E-state index is 12.2. The van der Waals surface area contributed by atoms with Crippen molar-refractivity contribution in [3.8, 4) is 32.8 Å². The molecule has 0 saturated carbocycles. The molecule has 63 heavy (non-hydrogen) atoms. The molecular formula is C58H74IrNO2S-. The molecule has 1 radical (unpaired) electrons. The third-order valence-electron chi connectivity index (χ3n) is 13.9. The van der Waals surface area contributed by atoms with Gasteiger partial charge in [0.2, 0.25) is 0 Å². The quantitative estimate of drug-likeness (QED) is 0.0712. The first-order chi connectivity index (χ1) is 29.1. The Kier molecular flexibility index (Phi) is 17.2. The van der Waals surface area contributed by atoms with Crippen LogP contribution >= 0.6 is 11.3 Å². The van der Waals surface area contributed by atoms with Crippen LogP contribution in [0.5, 0.6) is 0 Å². The molecule has 339 valence electrons. The van der Waals surface area contributed by atoms with Crippen LogP contribution in [-0.4, -0.2) is 15.9 Å². The summed E-state index contributed by atoms with van der Waals surface area (Å²) in [6.45, 7) is 35.1. The monoisotopic (exact) mass is 1040 g/mol. The number of carbonyl (C=O) groups excluding carboxylic acids is 1. The molecule has 0 saturated heterocycles. The minimum Gasteiger partial charge on any atom is -0.512 e. The molecule has 5 heteroatoms. The number of nitrogens with zero attached hydrogens (tertiary/aromatic N) is 1. The summed E-state index contributed by atoms with van der Waals surface area (Å²) in [6, 6.07) is 31.1. The maximum atomic E-state index is 12.2. The van der Waals surface area contributed by atoms with Gasteiger partial charge in [-0.25, -0.2) is 0 Å². The van der Waals surface area contributed by atoms with Crippen molar-refractivity contribution in [2.24, 2.45) is 10.8 Å². The van der Waals surface area contributed by atoms with Crippen molar-refractivity contribution in [2.45, 2.75) is 160 Å². The van der Waals surface area contributed by atoms with Gasteiger partial charge in [0.05, 0.1) is 0 Å². The number of carbonyl (C=O) groups is 1. The van der Waals surface area contributed by atoms with Gasteiger partial charge in [-0.3, -0.25) is 9.78 Å². The van der Waals surface area contributed by atoms with Crippen LogP contribution in [0.25, 0.3) is 53.7 Å². The molecule has 0 bridgehead atoms. The van der Waals surface area contributed by atoms with Crippen LogP contribution in [0.3, 0.4) is 0 Å². The number of fused-ring (bicyclic) bond motifs is 2. The summed E-state index contributed by atoms with van der Waals surface area (Å²) in [5, 5.41) is 13.8. The van der Waals surface area contributed by atoms with Gasteiger partial charge < -0.3 is 5.11 Å². The number of rotatable bonds is 13. The van der Waals surface area contributed by atoms with E-state index in [1.807, 2.05) is 59.1 Å². The van der Waals surface area contributed by atoms with E-state index in [9.17, 15) is 9.90 Å². The Morgan fingerprint density at radius 1 is 0.730 bits per heavy atom. The fourth-order valence-electron chi connectivity index (χ4n) is 8.35. The second kappa shape index (κ2) is 21.0. The molecule has 2 aromatic heterocycles. The van der Waals surface area contributed by atoms with Gasteiger partial charge in [-0.05, 0) is 106 Å². The molecule has 0 fully saturated rings. The molecule has 1 N–H and O–H groups in total. The largest absolute Gasteiger partial charge is 0.512 e. The number of hydrogen-bond donors (Lipinski definition) is 1. The summed E-state index contributed by atoms with van der Waals surface area (Å²) in [5.74, 6) is 1.71.